The van der Waals surface area contributed by atoms with Gasteiger partial charge in [0.25, 0.3) is 0 Å². The van der Waals surface area contributed by atoms with Crippen molar-refractivity contribution < 1.29 is 71.8 Å². The van der Waals surface area contributed by atoms with Crippen LogP contribution in [0.5, 0.6) is 5.75 Å². The molecule has 91 heavy (non-hydrogen) atoms. The van der Waals surface area contributed by atoms with E-state index in [-0.39, 0.29) is 94.4 Å². The molecule has 4 aromatic rings. The van der Waals surface area contributed by atoms with Crippen LogP contribution >= 0.6 is 0 Å². The summed E-state index contributed by atoms with van der Waals surface area (Å²) in [7, 11) is 0. The number of hydrogen-bond acceptors (Lipinski definition) is 17. The van der Waals surface area contributed by atoms with E-state index >= 15 is 0 Å². The van der Waals surface area contributed by atoms with Gasteiger partial charge >= 0.3 is 11.9 Å². The molecule has 4 heterocycles. The third-order valence-corrected chi connectivity index (χ3v) is 14.6. The summed E-state index contributed by atoms with van der Waals surface area (Å²) in [4.78, 5) is 190. The van der Waals surface area contributed by atoms with E-state index in [1.54, 1.807) is 44.3 Å². The molecule has 0 bridgehead atoms. The highest BCUT2D eigenvalue weighted by Crippen LogP contribution is 2.22. The molecule has 2 saturated heterocycles. The minimum absolute atomic E-state index is 0.00225. The predicted octanol–water partition coefficient (Wildman–Crippen LogP) is -3.60. The van der Waals surface area contributed by atoms with Gasteiger partial charge in [0.05, 0.1) is 19.4 Å². The lowest BCUT2D eigenvalue weighted by Crippen LogP contribution is -2.61. The Morgan fingerprint density at radius 3 is 2.00 bits per heavy atom. The third kappa shape index (κ3) is 22.0. The minimum atomic E-state index is -1.77. The Morgan fingerprint density at radius 1 is 0.703 bits per heavy atom. The van der Waals surface area contributed by atoms with Crippen LogP contribution < -0.4 is 69.8 Å². The first kappa shape index (κ1) is 69.7. The number of aromatic nitrogens is 3. The summed E-state index contributed by atoms with van der Waals surface area (Å²) >= 11 is 0. The van der Waals surface area contributed by atoms with Crippen LogP contribution in [-0.2, 0) is 86.3 Å². The number of carbonyl (C=O) groups excluding carboxylic acids is 13. The molecular formula is C59H79N17O15. The number of nitrogens with zero attached hydrogens (tertiary/aromatic N) is 3. The average molecular weight is 1270 g/mol. The van der Waals surface area contributed by atoms with Gasteiger partial charge in [-0.05, 0) is 73.8 Å². The van der Waals surface area contributed by atoms with E-state index in [1.807, 2.05) is 0 Å². The van der Waals surface area contributed by atoms with Gasteiger partial charge in [-0.2, -0.15) is 0 Å². The summed E-state index contributed by atoms with van der Waals surface area (Å²) in [6.07, 6.45) is 4.97. The first-order valence-electron chi connectivity index (χ1n) is 29.6. The summed E-state index contributed by atoms with van der Waals surface area (Å²) in [5.74, 6) is -10.3. The zero-order chi connectivity index (χ0) is 66.3. The molecule has 2 aromatic carbocycles. The molecule has 32 heteroatoms. The molecular weight excluding hydrogens is 1190 g/mol. The number of fused-ring (bicyclic) bond motifs is 1. The van der Waals surface area contributed by atoms with Gasteiger partial charge in [-0.3, -0.25) is 67.3 Å². The van der Waals surface area contributed by atoms with Crippen molar-refractivity contribution in [3.05, 3.63) is 84.1 Å². The molecule has 0 spiro atoms. The van der Waals surface area contributed by atoms with Crippen molar-refractivity contribution in [3.63, 3.8) is 0 Å². The SMILES string of the molecule is CC(=O)OC[C@H](NC(=O)[C@H](Cc1c[nH]c2ccccc12)NC(=O)[C@H](Cc1cnc[nH]1)NC(=O)C1CCC(=O)N1)C(=O)N[C@@H](Cc1ccc(OC(C)=O)cc1)C(=O)NCC(=O)N[C@@H](CC(C)C)C(=O)N[C@@H](CCCN=C(N)N)C(=O)N1CCC[C@H]1C(=O)NCC(N)=O. The summed E-state index contributed by atoms with van der Waals surface area (Å²) in [6.45, 7) is 3.99. The second kappa shape index (κ2) is 33.8. The molecule has 1 unspecified atom stereocenters. The number of ether oxygens (including phenoxy) is 2. The fourth-order valence-electron chi connectivity index (χ4n) is 10.2. The Morgan fingerprint density at radius 2 is 1.36 bits per heavy atom. The number of guanidine groups is 1. The number of benzene rings is 2. The minimum Gasteiger partial charge on any atom is -0.463 e. The number of imidazole rings is 1. The number of primary amides is 1. The van der Waals surface area contributed by atoms with Crippen LogP contribution in [0.15, 0.2) is 72.2 Å². The van der Waals surface area contributed by atoms with Crippen molar-refractivity contribution >= 4 is 93.8 Å². The van der Waals surface area contributed by atoms with E-state index in [9.17, 15) is 62.3 Å². The van der Waals surface area contributed by atoms with Crippen LogP contribution in [0.4, 0.5) is 0 Å². The average Bonchev–Trinajstić information content (AvgIpc) is 1.93. The Bertz CT molecular complexity index is 3310. The molecule has 490 valence electrons. The Balaban J connectivity index is 1.22. The predicted molar refractivity (Wildman–Crippen MR) is 324 cm³/mol. The number of amides is 11. The van der Waals surface area contributed by atoms with Crippen molar-refractivity contribution in [2.45, 2.75) is 140 Å². The van der Waals surface area contributed by atoms with E-state index in [1.165, 1.54) is 48.6 Å². The molecule has 17 N–H and O–H groups in total. The van der Waals surface area contributed by atoms with Crippen LogP contribution in [0.3, 0.4) is 0 Å². The van der Waals surface area contributed by atoms with Crippen LogP contribution in [0.2, 0.25) is 0 Å². The number of aromatic amines is 2. The number of para-hydroxylation sites is 1. The van der Waals surface area contributed by atoms with Gasteiger partial charge in [-0.25, -0.2) is 4.98 Å². The summed E-state index contributed by atoms with van der Waals surface area (Å²) in [5, 5.41) is 24.0. The zero-order valence-electron chi connectivity index (χ0n) is 50.9. The van der Waals surface area contributed by atoms with Crippen molar-refractivity contribution in [2.24, 2.45) is 28.1 Å². The molecule has 0 aliphatic carbocycles. The molecule has 6 rings (SSSR count). The molecule has 2 aliphatic heterocycles. The molecule has 2 fully saturated rings. The molecule has 11 amide bonds. The van der Waals surface area contributed by atoms with Crippen LogP contribution in [0, 0.1) is 5.92 Å². The monoisotopic (exact) mass is 1270 g/mol. The number of H-pyrrole nitrogens is 2. The van der Waals surface area contributed by atoms with E-state index in [0.29, 0.717) is 34.1 Å². The van der Waals surface area contributed by atoms with Gasteiger partial charge in [-0.15, -0.1) is 0 Å². The Kier molecular flexibility index (Phi) is 25.9. The standard InChI is InChI=1S/C59H79N17O15/c1-31(2)21-42(53(84)71-41(11-7-19-64-59(61)62)58(89)76-20-8-12-47(76)57(88)66-27-48(60)79)70-50(81)28-67-51(82)43(22-34-13-15-37(16-14-34)91-33(4)78)72-56(87)46(29-90-32(3)77)75-54(85)44(23-35-25-65-39-10-6-5-9-38(35)39)73-55(86)45(24-36-26-63-30-68-36)74-52(83)40-17-18-49(80)69-40/h5-6,9-10,13-16,25-26,30-31,40-47,65H,7-8,11-12,17-24,27-29H2,1-4H3,(H2,60,79)(H,63,68)(H,66,88)(H,67,82)(H,69,80)(H,70,81)(H,71,84)(H,72,87)(H,73,86)(H,74,83)(H,75,85)(H4,61,62,64)/t40?,41-,42-,43-,44-,45-,46-,47-/m0/s1. The van der Waals surface area contributed by atoms with E-state index in [0.717, 1.165) is 6.92 Å². The zero-order valence-corrected chi connectivity index (χ0v) is 50.9. The number of likely N-dealkylation sites (tertiary alicyclic amines) is 1. The first-order chi connectivity index (χ1) is 43.3. The second-order valence-electron chi connectivity index (χ2n) is 22.3. The lowest BCUT2D eigenvalue weighted by Gasteiger charge is -2.30. The van der Waals surface area contributed by atoms with Gasteiger partial charge in [0.15, 0.2) is 5.96 Å². The highest BCUT2D eigenvalue weighted by atomic mass is 16.5. The number of hydrogen-bond donors (Lipinski definition) is 14. The molecule has 2 aromatic heterocycles. The van der Waals surface area contributed by atoms with Gasteiger partial charge in [0, 0.05) is 81.6 Å². The van der Waals surface area contributed by atoms with Gasteiger partial charge in [-0.1, -0.05) is 44.2 Å². The summed E-state index contributed by atoms with van der Waals surface area (Å²) in [6, 6.07) is 2.29. The first-order valence-corrected chi connectivity index (χ1v) is 29.6. The quantitative estimate of drug-likeness (QED) is 0.00721. The number of rotatable bonds is 33. The van der Waals surface area contributed by atoms with E-state index in [4.69, 9.17) is 26.7 Å². The van der Waals surface area contributed by atoms with Gasteiger partial charge < -0.3 is 89.4 Å². The molecule has 0 saturated carbocycles. The largest absolute Gasteiger partial charge is 0.463 e. The van der Waals surface area contributed by atoms with E-state index < -0.39 is 139 Å². The van der Waals surface area contributed by atoms with Crippen molar-refractivity contribution in [3.8, 4) is 5.75 Å². The number of aliphatic imine (C=N–C) groups is 1. The highest BCUT2D eigenvalue weighted by Gasteiger charge is 2.40. The molecule has 2 aliphatic rings. The Labute approximate surface area is 522 Å². The maximum Gasteiger partial charge on any atom is 0.308 e. The number of carbonyl (C=O) groups is 13. The number of nitrogens with one attached hydrogen (secondary N) is 11. The molecule has 32 nitrogen and oxygen atoms in total. The fourth-order valence-corrected chi connectivity index (χ4v) is 10.2. The Hall–Kier alpha value is -10.4. The topological polar surface area (TPSA) is 487 Å². The van der Waals surface area contributed by atoms with Gasteiger partial charge in [0.2, 0.25) is 65.0 Å². The maximum atomic E-state index is 14.8. The highest BCUT2D eigenvalue weighted by molar-refractivity contribution is 5.99. The number of nitrogens with two attached hydrogens (primary N) is 3. The third-order valence-electron chi connectivity index (χ3n) is 14.6. The lowest BCUT2D eigenvalue weighted by atomic mass is 10.0. The van der Waals surface area contributed by atoms with Crippen LogP contribution in [0.25, 0.3) is 10.9 Å². The lowest BCUT2D eigenvalue weighted by molar-refractivity contribution is -0.145. The summed E-state index contributed by atoms with van der Waals surface area (Å²) < 4.78 is 10.4. The fraction of sp³-hybridized carbons (Fsp3) is 0.475. The van der Waals surface area contributed by atoms with Gasteiger partial charge in [0.1, 0.15) is 60.7 Å². The normalized spacial score (nSPS) is 16.3. The van der Waals surface area contributed by atoms with E-state index in [2.05, 4.69) is 67.8 Å². The molecule has 0 radical (unpaired) electrons. The molecule has 8 atom stereocenters. The number of esters is 2. The van der Waals surface area contributed by atoms with Crippen molar-refractivity contribution in [1.29, 1.82) is 0 Å². The maximum absolute atomic E-state index is 14.8. The summed E-state index contributed by atoms with van der Waals surface area (Å²) in [5.41, 5.74) is 18.3. The van der Waals surface area contributed by atoms with Crippen molar-refractivity contribution in [2.75, 3.05) is 32.8 Å². The van der Waals surface area contributed by atoms with Crippen LogP contribution in [0.1, 0.15) is 89.5 Å². The smallest absolute Gasteiger partial charge is 0.308 e. The second-order valence-corrected chi connectivity index (χ2v) is 22.3. The van der Waals surface area contributed by atoms with Crippen LogP contribution in [-0.4, -0.2) is 184 Å². The van der Waals surface area contributed by atoms with Crippen molar-refractivity contribution in [1.82, 2.24) is 67.7 Å².